The number of rotatable bonds is 5. The minimum atomic E-state index is -0.736. The van der Waals surface area contributed by atoms with Crippen LogP contribution < -0.4 is 9.47 Å². The third-order valence-electron chi connectivity index (χ3n) is 5.81. The summed E-state index contributed by atoms with van der Waals surface area (Å²) >= 11 is 0. The van der Waals surface area contributed by atoms with Crippen LogP contribution in [0.3, 0.4) is 0 Å². The van der Waals surface area contributed by atoms with Gasteiger partial charge < -0.3 is 14.2 Å². The number of hydrogen-bond donors (Lipinski definition) is 0. The van der Waals surface area contributed by atoms with Crippen LogP contribution in [0, 0.1) is 6.92 Å². The fourth-order valence-electron chi connectivity index (χ4n) is 3.97. The summed E-state index contributed by atoms with van der Waals surface area (Å²) in [6.45, 7) is 3.30. The maximum absolute atomic E-state index is 13.0. The summed E-state index contributed by atoms with van der Waals surface area (Å²) < 4.78 is 17.2. The Morgan fingerprint density at radius 2 is 1.78 bits per heavy atom. The minimum absolute atomic E-state index is 0.237. The van der Waals surface area contributed by atoms with Crippen molar-refractivity contribution in [1.82, 2.24) is 9.99 Å². The van der Waals surface area contributed by atoms with E-state index in [0.717, 1.165) is 16.5 Å². The topological polar surface area (TPSA) is 90.3 Å². The molecule has 8 nitrogen and oxygen atoms in total. The van der Waals surface area contributed by atoms with Crippen molar-refractivity contribution in [3.05, 3.63) is 101 Å². The monoisotopic (exact) mass is 481 g/mol. The second kappa shape index (κ2) is 9.50. The first kappa shape index (κ1) is 23.0. The van der Waals surface area contributed by atoms with Crippen molar-refractivity contribution in [3.63, 3.8) is 0 Å². The van der Waals surface area contributed by atoms with Gasteiger partial charge in [-0.25, -0.2) is 4.79 Å². The van der Waals surface area contributed by atoms with E-state index in [2.05, 4.69) is 10.1 Å². The number of hydrogen-bond acceptors (Lipinski definition) is 7. The number of carbonyl (C=O) groups excluding carboxylic acids is 2. The number of aryl methyl sites for hydroxylation is 1. The van der Waals surface area contributed by atoms with Crippen LogP contribution in [-0.2, 0) is 9.53 Å². The first-order valence-corrected chi connectivity index (χ1v) is 11.3. The van der Waals surface area contributed by atoms with Crippen molar-refractivity contribution in [3.8, 4) is 11.5 Å². The van der Waals surface area contributed by atoms with Crippen LogP contribution in [0.5, 0.6) is 11.5 Å². The number of nitrogens with zero attached hydrogens (tertiary/aromatic N) is 3. The highest BCUT2D eigenvalue weighted by Crippen LogP contribution is 2.34. The van der Waals surface area contributed by atoms with E-state index in [0.29, 0.717) is 22.4 Å². The minimum Gasteiger partial charge on any atom is -0.493 e. The van der Waals surface area contributed by atoms with Gasteiger partial charge in [0.25, 0.3) is 0 Å². The second-order valence-corrected chi connectivity index (χ2v) is 8.25. The molecule has 1 aromatic heterocycles. The molecule has 0 bridgehead atoms. The maximum atomic E-state index is 13.0. The zero-order valence-corrected chi connectivity index (χ0v) is 20.0. The number of aromatic nitrogens is 1. The summed E-state index contributed by atoms with van der Waals surface area (Å²) in [7, 11) is 1.48. The normalized spacial score (nSPS) is 14.8. The Hall–Kier alpha value is -4.72. The lowest BCUT2D eigenvalue weighted by Crippen LogP contribution is -2.25. The molecule has 0 radical (unpaired) electrons. The number of amides is 1. The van der Waals surface area contributed by atoms with Crippen LogP contribution in [0.15, 0.2) is 84.1 Å². The number of pyridine rings is 1. The molecule has 0 N–H and O–H groups in total. The highest BCUT2D eigenvalue weighted by Gasteiger charge is 2.33. The Kier molecular flexibility index (Phi) is 6.08. The summed E-state index contributed by atoms with van der Waals surface area (Å²) in [6.07, 6.45) is 0.922. The number of ether oxygens (including phenoxy) is 3. The Labute approximate surface area is 207 Å². The molecule has 36 heavy (non-hydrogen) atoms. The van der Waals surface area contributed by atoms with Crippen molar-refractivity contribution in [2.24, 2.45) is 5.10 Å². The molecule has 0 saturated carbocycles. The molecule has 2 heterocycles. The summed E-state index contributed by atoms with van der Waals surface area (Å²) in [5.74, 6) is 0.0360. The van der Waals surface area contributed by atoms with E-state index in [1.807, 2.05) is 55.5 Å². The molecular formula is C28H23N3O5. The smallest absolute Gasteiger partial charge is 0.344 e. The molecule has 0 unspecified atom stereocenters. The molecular weight excluding hydrogens is 458 g/mol. The Bertz CT molecular complexity index is 1490. The molecule has 180 valence electrons. The third kappa shape index (κ3) is 4.36. The van der Waals surface area contributed by atoms with Gasteiger partial charge in [0.05, 0.1) is 12.7 Å². The number of benzene rings is 3. The van der Waals surface area contributed by atoms with Gasteiger partial charge in [0.2, 0.25) is 18.0 Å². The van der Waals surface area contributed by atoms with Gasteiger partial charge in [-0.2, -0.15) is 5.01 Å². The highest BCUT2D eigenvalue weighted by molar-refractivity contribution is 6.05. The number of esters is 1. The Morgan fingerprint density at radius 3 is 2.53 bits per heavy atom. The van der Waals surface area contributed by atoms with Crippen LogP contribution in [0.25, 0.3) is 10.8 Å². The fraction of sp³-hybridized carbons (Fsp3) is 0.143. The van der Waals surface area contributed by atoms with Crippen LogP contribution in [0.2, 0.25) is 0 Å². The molecule has 0 saturated heterocycles. The van der Waals surface area contributed by atoms with Crippen LogP contribution >= 0.6 is 0 Å². The average molecular weight is 482 g/mol. The molecule has 5 rings (SSSR count). The summed E-state index contributed by atoms with van der Waals surface area (Å²) in [4.78, 5) is 29.5. The van der Waals surface area contributed by atoms with Gasteiger partial charge in [-0.05, 0) is 54.1 Å². The lowest BCUT2D eigenvalue weighted by molar-refractivity contribution is -0.135. The molecule has 1 aliphatic rings. The molecule has 1 aliphatic heterocycles. The van der Waals surface area contributed by atoms with E-state index in [1.54, 1.807) is 30.5 Å². The van der Waals surface area contributed by atoms with Gasteiger partial charge in [0, 0.05) is 29.9 Å². The van der Waals surface area contributed by atoms with Gasteiger partial charge in [0.15, 0.2) is 11.5 Å². The number of fused-ring (bicyclic) bond motifs is 1. The quantitative estimate of drug-likeness (QED) is 0.294. The molecule has 3 aromatic carbocycles. The molecule has 0 spiro atoms. The maximum Gasteiger partial charge on any atom is 0.344 e. The van der Waals surface area contributed by atoms with E-state index in [1.165, 1.54) is 19.0 Å². The lowest BCUT2D eigenvalue weighted by Gasteiger charge is -2.19. The Morgan fingerprint density at radius 1 is 0.972 bits per heavy atom. The van der Waals surface area contributed by atoms with Crippen molar-refractivity contribution in [1.29, 1.82) is 0 Å². The largest absolute Gasteiger partial charge is 0.493 e. The van der Waals surface area contributed by atoms with Crippen molar-refractivity contribution in [2.45, 2.75) is 20.1 Å². The number of methoxy groups -OCH3 is 1. The zero-order valence-electron chi connectivity index (χ0n) is 20.0. The molecule has 1 amide bonds. The summed E-state index contributed by atoms with van der Waals surface area (Å²) in [6, 6.07) is 21.7. The van der Waals surface area contributed by atoms with Gasteiger partial charge in [-0.1, -0.05) is 36.4 Å². The standard InChI is InChI=1S/C28H23N3O5/c1-17-11-12-21(16-29-17)27-31(18(2)32)30-26(36-27)20-13-14-24(25(15-20)34-3)35-28(33)23-10-6-8-19-7-4-5-9-22(19)23/h4-16,27H,1-3H3/t27-/m0/s1. The third-order valence-corrected chi connectivity index (χ3v) is 5.81. The molecule has 0 aliphatic carbocycles. The number of carbonyl (C=O) groups is 2. The highest BCUT2D eigenvalue weighted by atomic mass is 16.6. The lowest BCUT2D eigenvalue weighted by atomic mass is 10.0. The first-order chi connectivity index (χ1) is 17.4. The zero-order chi connectivity index (χ0) is 25.2. The van der Waals surface area contributed by atoms with E-state index in [4.69, 9.17) is 14.2 Å². The molecule has 1 atom stereocenters. The van der Waals surface area contributed by atoms with Gasteiger partial charge >= 0.3 is 5.97 Å². The van der Waals surface area contributed by atoms with Crippen molar-refractivity contribution < 1.29 is 23.8 Å². The van der Waals surface area contributed by atoms with Crippen LogP contribution in [0.1, 0.15) is 40.3 Å². The van der Waals surface area contributed by atoms with Gasteiger partial charge in [-0.15, -0.1) is 5.10 Å². The van der Waals surface area contributed by atoms with Crippen molar-refractivity contribution in [2.75, 3.05) is 7.11 Å². The summed E-state index contributed by atoms with van der Waals surface area (Å²) in [5, 5.41) is 7.38. The van der Waals surface area contributed by atoms with E-state index in [9.17, 15) is 9.59 Å². The first-order valence-electron chi connectivity index (χ1n) is 11.3. The van der Waals surface area contributed by atoms with E-state index < -0.39 is 12.2 Å². The molecule has 8 heteroatoms. The SMILES string of the molecule is COc1cc(C2=NN(C(C)=O)[C@H](c3ccc(C)nc3)O2)ccc1OC(=O)c1cccc2ccccc12. The van der Waals surface area contributed by atoms with Crippen molar-refractivity contribution >= 4 is 28.5 Å². The van der Waals surface area contributed by atoms with E-state index in [-0.39, 0.29) is 17.6 Å². The van der Waals surface area contributed by atoms with Gasteiger partial charge in [0.1, 0.15) is 0 Å². The van der Waals surface area contributed by atoms with Crippen LogP contribution in [-0.4, -0.2) is 34.9 Å². The number of hydrazone groups is 1. The predicted molar refractivity (Wildman–Crippen MR) is 134 cm³/mol. The average Bonchev–Trinajstić information content (AvgIpc) is 3.35. The molecule has 0 fully saturated rings. The Balaban J connectivity index is 1.41. The fourth-order valence-corrected chi connectivity index (χ4v) is 3.97. The second-order valence-electron chi connectivity index (χ2n) is 8.25. The predicted octanol–water partition coefficient (Wildman–Crippen LogP) is 5.01. The molecule has 4 aromatic rings. The summed E-state index contributed by atoms with van der Waals surface area (Å²) in [5.41, 5.74) is 2.56. The van der Waals surface area contributed by atoms with Crippen LogP contribution in [0.4, 0.5) is 0 Å². The van der Waals surface area contributed by atoms with E-state index >= 15 is 0 Å². The van der Waals surface area contributed by atoms with Gasteiger partial charge in [-0.3, -0.25) is 9.78 Å².